The minimum absolute atomic E-state index is 0.0995. The first kappa shape index (κ1) is 21.0. The van der Waals surface area contributed by atoms with Crippen LogP contribution in [0.3, 0.4) is 0 Å². The van der Waals surface area contributed by atoms with E-state index >= 15 is 0 Å². The first-order valence-electron chi connectivity index (χ1n) is 7.59. The van der Waals surface area contributed by atoms with E-state index in [2.05, 4.69) is 5.32 Å². The third kappa shape index (κ3) is 5.61. The zero-order valence-corrected chi connectivity index (χ0v) is 15.9. The topological polar surface area (TPSA) is 66.5 Å². The van der Waals surface area contributed by atoms with Crippen molar-refractivity contribution in [1.82, 2.24) is 0 Å². The van der Waals surface area contributed by atoms with Gasteiger partial charge in [-0.15, -0.1) is 0 Å². The van der Waals surface area contributed by atoms with Crippen LogP contribution in [0.25, 0.3) is 0 Å². The molecule has 5 nitrogen and oxygen atoms in total. The summed E-state index contributed by atoms with van der Waals surface area (Å²) in [5.41, 5.74) is -0.0876. The van der Waals surface area contributed by atoms with Crippen molar-refractivity contribution in [2.24, 2.45) is 0 Å². The lowest BCUT2D eigenvalue weighted by atomic mass is 10.2. The minimum Gasteiger partial charge on any atom is -0.323 e. The van der Waals surface area contributed by atoms with Crippen LogP contribution in [0.2, 0.25) is 5.02 Å². The maximum absolute atomic E-state index is 12.8. The van der Waals surface area contributed by atoms with Gasteiger partial charge in [-0.2, -0.15) is 13.2 Å². The molecule has 0 aliphatic rings. The van der Waals surface area contributed by atoms with E-state index < -0.39 is 34.2 Å². The van der Waals surface area contributed by atoms with Crippen molar-refractivity contribution in [3.8, 4) is 0 Å². The van der Waals surface area contributed by atoms with Crippen LogP contribution in [-0.2, 0) is 21.0 Å². The fourth-order valence-corrected chi connectivity index (χ4v) is 3.25. The summed E-state index contributed by atoms with van der Waals surface area (Å²) in [5, 5.41) is 2.13. The molecule has 0 atom stereocenters. The van der Waals surface area contributed by atoms with Crippen LogP contribution >= 0.6 is 11.6 Å². The molecule has 0 saturated carbocycles. The highest BCUT2D eigenvalue weighted by molar-refractivity contribution is 7.92. The fourth-order valence-electron chi connectivity index (χ4n) is 2.23. The second-order valence-electron chi connectivity index (χ2n) is 5.85. The second kappa shape index (κ2) is 7.77. The van der Waals surface area contributed by atoms with Gasteiger partial charge in [-0.3, -0.25) is 9.10 Å². The molecule has 0 radical (unpaired) electrons. The van der Waals surface area contributed by atoms with Gasteiger partial charge in [0, 0.05) is 0 Å². The van der Waals surface area contributed by atoms with Crippen LogP contribution in [0.4, 0.5) is 24.5 Å². The van der Waals surface area contributed by atoms with Crippen LogP contribution < -0.4 is 9.62 Å². The monoisotopic (exact) mass is 420 g/mol. The molecule has 27 heavy (non-hydrogen) atoms. The smallest absolute Gasteiger partial charge is 0.323 e. The maximum Gasteiger partial charge on any atom is 0.416 e. The van der Waals surface area contributed by atoms with Crippen LogP contribution in [0.1, 0.15) is 11.1 Å². The third-order valence-corrected chi connectivity index (χ3v) is 5.05. The van der Waals surface area contributed by atoms with Crippen molar-refractivity contribution in [3.05, 3.63) is 58.6 Å². The molecule has 0 spiro atoms. The Balaban J connectivity index is 2.25. The number of carbonyl (C=O) groups excluding carboxylic acids is 1. The summed E-state index contributed by atoms with van der Waals surface area (Å²) in [7, 11) is -3.80. The number of carbonyl (C=O) groups is 1. The molecule has 2 rings (SSSR count). The van der Waals surface area contributed by atoms with Crippen molar-refractivity contribution in [2.75, 3.05) is 22.4 Å². The zero-order valence-electron chi connectivity index (χ0n) is 14.3. The van der Waals surface area contributed by atoms with Crippen LogP contribution in [0.15, 0.2) is 42.5 Å². The van der Waals surface area contributed by atoms with Gasteiger partial charge in [0.1, 0.15) is 6.54 Å². The Morgan fingerprint density at radius 2 is 1.74 bits per heavy atom. The molecule has 0 unspecified atom stereocenters. The Bertz CT molecular complexity index is 945. The van der Waals surface area contributed by atoms with E-state index in [0.29, 0.717) is 6.07 Å². The number of rotatable bonds is 5. The molecule has 0 aromatic heterocycles. The van der Waals surface area contributed by atoms with Gasteiger partial charge >= 0.3 is 6.18 Å². The van der Waals surface area contributed by atoms with Crippen molar-refractivity contribution in [2.45, 2.75) is 13.1 Å². The first-order valence-corrected chi connectivity index (χ1v) is 9.81. The van der Waals surface area contributed by atoms with Gasteiger partial charge in [0.05, 0.1) is 28.2 Å². The van der Waals surface area contributed by atoms with Gasteiger partial charge in [-0.25, -0.2) is 8.42 Å². The van der Waals surface area contributed by atoms with Gasteiger partial charge in [0.2, 0.25) is 15.9 Å². The van der Waals surface area contributed by atoms with Gasteiger partial charge in [-0.05, 0) is 37.3 Å². The highest BCUT2D eigenvalue weighted by Crippen LogP contribution is 2.33. The molecule has 0 fully saturated rings. The molecular weight excluding hydrogens is 405 g/mol. The van der Waals surface area contributed by atoms with Crippen molar-refractivity contribution >= 4 is 38.9 Å². The first-order chi connectivity index (χ1) is 12.4. The van der Waals surface area contributed by atoms with E-state index in [4.69, 9.17) is 11.6 Å². The molecular formula is C17H16ClF3N2O3S. The number of nitrogens with one attached hydrogen (secondary N) is 1. The summed E-state index contributed by atoms with van der Waals surface area (Å²) in [5.74, 6) is -0.831. The van der Waals surface area contributed by atoms with E-state index in [1.54, 1.807) is 12.1 Å². The number of nitrogens with zero attached hydrogens (tertiary/aromatic N) is 1. The lowest BCUT2D eigenvalue weighted by molar-refractivity contribution is -0.137. The summed E-state index contributed by atoms with van der Waals surface area (Å²) in [6.45, 7) is 1.20. The molecule has 1 N–H and O–H groups in total. The van der Waals surface area contributed by atoms with Gasteiger partial charge in [0.15, 0.2) is 0 Å². The number of sulfonamides is 1. The Labute approximate surface area is 159 Å². The predicted octanol–water partition coefficient (Wildman–Crippen LogP) is 4.07. The number of amides is 1. The minimum atomic E-state index is -4.61. The molecule has 0 heterocycles. The molecule has 10 heteroatoms. The molecule has 1 amide bonds. The predicted molar refractivity (Wildman–Crippen MR) is 98.5 cm³/mol. The lowest BCUT2D eigenvalue weighted by Crippen LogP contribution is -2.37. The van der Waals surface area contributed by atoms with Crippen LogP contribution in [0.5, 0.6) is 0 Å². The standard InChI is InChI=1S/C17H16ClF3N2O3S/c1-11-3-6-13(7-4-11)23(27(2,25)26)10-16(24)22-15-9-12(17(19,20)21)5-8-14(15)18/h3-9H,10H2,1-2H3,(H,22,24). The van der Waals surface area contributed by atoms with Crippen molar-refractivity contribution in [1.29, 1.82) is 0 Å². The highest BCUT2D eigenvalue weighted by atomic mass is 35.5. The number of hydrogen-bond donors (Lipinski definition) is 1. The van der Waals surface area contributed by atoms with E-state index in [9.17, 15) is 26.4 Å². The maximum atomic E-state index is 12.8. The average Bonchev–Trinajstić information content (AvgIpc) is 2.53. The highest BCUT2D eigenvalue weighted by Gasteiger charge is 2.31. The van der Waals surface area contributed by atoms with E-state index in [1.165, 1.54) is 12.1 Å². The molecule has 0 aliphatic carbocycles. The molecule has 2 aromatic rings. The number of halogens is 4. The normalized spacial score (nSPS) is 11.9. The molecule has 0 saturated heterocycles. The largest absolute Gasteiger partial charge is 0.416 e. The number of alkyl halides is 3. The van der Waals surface area contributed by atoms with Crippen LogP contribution in [0, 0.1) is 6.92 Å². The Kier molecular flexibility index (Phi) is 6.06. The van der Waals surface area contributed by atoms with E-state index in [-0.39, 0.29) is 16.4 Å². The van der Waals surface area contributed by atoms with Gasteiger partial charge in [0.25, 0.3) is 0 Å². The third-order valence-electron chi connectivity index (χ3n) is 3.58. The average molecular weight is 421 g/mol. The summed E-state index contributed by atoms with van der Waals surface area (Å²) in [6, 6.07) is 8.89. The molecule has 0 bridgehead atoms. The van der Waals surface area contributed by atoms with E-state index in [1.807, 2.05) is 6.92 Å². The molecule has 0 aliphatic heterocycles. The number of aryl methyl sites for hydroxylation is 1. The summed E-state index contributed by atoms with van der Waals surface area (Å²) >= 11 is 5.84. The molecule has 146 valence electrons. The molecule has 2 aromatic carbocycles. The van der Waals surface area contributed by atoms with E-state index in [0.717, 1.165) is 28.3 Å². The number of anilines is 2. The summed E-state index contributed by atoms with van der Waals surface area (Å²) in [4.78, 5) is 12.3. The number of benzene rings is 2. The summed E-state index contributed by atoms with van der Waals surface area (Å²) in [6.07, 6.45) is -3.68. The summed E-state index contributed by atoms with van der Waals surface area (Å²) < 4.78 is 63.3. The van der Waals surface area contributed by atoms with Gasteiger partial charge in [-0.1, -0.05) is 29.3 Å². The SMILES string of the molecule is Cc1ccc(N(CC(=O)Nc2cc(C(F)(F)F)ccc2Cl)S(C)(=O)=O)cc1. The lowest BCUT2D eigenvalue weighted by Gasteiger charge is -2.22. The van der Waals surface area contributed by atoms with Crippen molar-refractivity contribution < 1.29 is 26.4 Å². The quantitative estimate of drug-likeness (QED) is 0.792. The Morgan fingerprint density at radius 3 is 2.26 bits per heavy atom. The van der Waals surface area contributed by atoms with Crippen LogP contribution in [-0.4, -0.2) is 27.1 Å². The Hall–Kier alpha value is -2.26. The zero-order chi connectivity index (χ0) is 20.4. The Morgan fingerprint density at radius 1 is 1.15 bits per heavy atom. The van der Waals surface area contributed by atoms with Gasteiger partial charge < -0.3 is 5.32 Å². The second-order valence-corrected chi connectivity index (χ2v) is 8.16. The number of hydrogen-bond acceptors (Lipinski definition) is 3. The fraction of sp³-hybridized carbons (Fsp3) is 0.235. The van der Waals surface area contributed by atoms with Crippen molar-refractivity contribution in [3.63, 3.8) is 0 Å².